The molecule has 3 N–H and O–H groups in total. The van der Waals surface area contributed by atoms with Crippen molar-refractivity contribution >= 4 is 34.0 Å². The number of halogens is 1. The molecule has 0 bridgehead atoms. The number of rotatable bonds is 8. The summed E-state index contributed by atoms with van der Waals surface area (Å²) in [5, 5.41) is 11.3. The predicted octanol–water partition coefficient (Wildman–Crippen LogP) is 2.39. The second-order valence-electron chi connectivity index (χ2n) is 9.69. The van der Waals surface area contributed by atoms with Gasteiger partial charge in [0, 0.05) is 49.8 Å². The summed E-state index contributed by atoms with van der Waals surface area (Å²) >= 11 is 1.75. The van der Waals surface area contributed by atoms with Gasteiger partial charge in [0.2, 0.25) is 0 Å². The van der Waals surface area contributed by atoms with Crippen molar-refractivity contribution in [2.24, 2.45) is 4.99 Å². The number of thioether (sulfide) groups is 1. The highest BCUT2D eigenvalue weighted by Crippen LogP contribution is 2.40. The molecule has 2 aromatic rings. The van der Waals surface area contributed by atoms with Gasteiger partial charge in [-0.1, -0.05) is 18.2 Å². The molecule has 3 heterocycles. The number of carbonyl (C=O) groups excluding carboxylic acids is 1. The van der Waals surface area contributed by atoms with E-state index in [-0.39, 0.29) is 24.6 Å². The number of piperazine rings is 1. The summed E-state index contributed by atoms with van der Waals surface area (Å²) in [6.07, 6.45) is 3.47. The van der Waals surface area contributed by atoms with E-state index in [4.69, 9.17) is 10.8 Å². The van der Waals surface area contributed by atoms with Crippen LogP contribution in [-0.4, -0.2) is 94.3 Å². The maximum atomic E-state index is 14.5. The lowest BCUT2D eigenvalue weighted by atomic mass is 9.94. The molecule has 4 atom stereocenters. The molecule has 7 nitrogen and oxygen atoms in total. The molecule has 4 unspecified atom stereocenters. The Balaban J connectivity index is 1.24. The Labute approximate surface area is 204 Å². The number of fused-ring (bicyclic) bond motifs is 1. The number of para-hydroxylation sites is 1. The van der Waals surface area contributed by atoms with Gasteiger partial charge in [0.1, 0.15) is 17.5 Å². The summed E-state index contributed by atoms with van der Waals surface area (Å²) in [7, 11) is 0. The molecule has 0 spiro atoms. The third-order valence-electron chi connectivity index (χ3n) is 7.65. The van der Waals surface area contributed by atoms with E-state index >= 15 is 0 Å². The first-order valence-electron chi connectivity index (χ1n) is 12.4. The van der Waals surface area contributed by atoms with E-state index in [9.17, 15) is 14.3 Å². The maximum Gasteiger partial charge on any atom is 0.139 e. The standard InChI is InChI=1S/C25H34FN5O2S/c26-22-6-2-4-20(22)21-5-1-3-17-13-23(31(27)24(17)21)25-28-18(16-34-25)7-8-29-9-11-30(12-10-29)19(14-32)15-33/h1,3,5,13-14,18-20,22,33H,2,4,6-12,15-16,27H2. The molecule has 3 aliphatic rings. The van der Waals surface area contributed by atoms with Gasteiger partial charge in [-0.25, -0.2) is 4.39 Å². The number of aliphatic hydroxyl groups excluding tert-OH is 1. The third-order valence-corrected chi connectivity index (χ3v) is 8.79. The Bertz CT molecular complexity index is 1050. The number of nitrogens with zero attached hydrogens (tertiary/aromatic N) is 4. The van der Waals surface area contributed by atoms with Crippen LogP contribution in [0, 0.1) is 0 Å². The maximum absolute atomic E-state index is 14.5. The molecular weight excluding hydrogens is 453 g/mol. The Morgan fingerprint density at radius 2 is 2.09 bits per heavy atom. The number of alkyl halides is 1. The van der Waals surface area contributed by atoms with Gasteiger partial charge < -0.3 is 20.6 Å². The van der Waals surface area contributed by atoms with E-state index in [2.05, 4.69) is 21.9 Å². The first-order chi connectivity index (χ1) is 16.6. The van der Waals surface area contributed by atoms with E-state index in [0.29, 0.717) is 6.42 Å². The summed E-state index contributed by atoms with van der Waals surface area (Å²) in [4.78, 5) is 20.5. The normalized spacial score (nSPS) is 27.4. The molecule has 1 aromatic carbocycles. The highest BCUT2D eigenvalue weighted by Gasteiger charge is 2.31. The minimum Gasteiger partial charge on any atom is -0.394 e. The second-order valence-corrected chi connectivity index (χ2v) is 10.7. The molecule has 5 rings (SSSR count). The third kappa shape index (κ3) is 4.63. The van der Waals surface area contributed by atoms with Gasteiger partial charge in [-0.05, 0) is 37.3 Å². The molecule has 2 aliphatic heterocycles. The van der Waals surface area contributed by atoms with Crippen LogP contribution in [-0.2, 0) is 4.79 Å². The van der Waals surface area contributed by atoms with E-state index in [0.717, 1.165) is 91.2 Å². The van der Waals surface area contributed by atoms with Crippen molar-refractivity contribution < 1.29 is 14.3 Å². The van der Waals surface area contributed by atoms with Crippen molar-refractivity contribution in [3.05, 3.63) is 35.5 Å². The van der Waals surface area contributed by atoms with Crippen LogP contribution in [0.25, 0.3) is 10.9 Å². The van der Waals surface area contributed by atoms with Crippen LogP contribution in [0.5, 0.6) is 0 Å². The SMILES string of the molecule is Nn1c(C2=NC(CCN3CCN(C(C=O)CO)CC3)CS2)cc2cccc(C3CCCC3F)c21. The van der Waals surface area contributed by atoms with Crippen molar-refractivity contribution in [1.29, 1.82) is 0 Å². The highest BCUT2D eigenvalue weighted by molar-refractivity contribution is 8.14. The van der Waals surface area contributed by atoms with Crippen LogP contribution in [0.4, 0.5) is 4.39 Å². The number of benzene rings is 1. The number of nitrogen functional groups attached to an aromatic ring is 1. The molecular formula is C25H34FN5O2S. The van der Waals surface area contributed by atoms with E-state index in [1.54, 1.807) is 16.4 Å². The topological polar surface area (TPSA) is 87.1 Å². The van der Waals surface area contributed by atoms with Crippen molar-refractivity contribution in [3.63, 3.8) is 0 Å². The minimum atomic E-state index is -0.790. The first kappa shape index (κ1) is 23.8. The van der Waals surface area contributed by atoms with Crippen LogP contribution in [0.2, 0.25) is 0 Å². The summed E-state index contributed by atoms with van der Waals surface area (Å²) in [6, 6.07) is 8.06. The Morgan fingerprint density at radius 1 is 1.26 bits per heavy atom. The van der Waals surface area contributed by atoms with Gasteiger partial charge in [0.05, 0.1) is 29.9 Å². The number of carbonyl (C=O) groups is 1. The zero-order chi connectivity index (χ0) is 23.7. The Morgan fingerprint density at radius 3 is 2.79 bits per heavy atom. The van der Waals surface area contributed by atoms with Crippen molar-refractivity contribution in [1.82, 2.24) is 14.5 Å². The number of aldehydes is 1. The Kier molecular flexibility index (Phi) is 7.24. The average Bonchev–Trinajstić information content (AvgIpc) is 3.58. The molecule has 2 fully saturated rings. The predicted molar refractivity (Wildman–Crippen MR) is 136 cm³/mol. The lowest BCUT2D eigenvalue weighted by molar-refractivity contribution is -0.114. The number of hydrogen-bond donors (Lipinski definition) is 2. The van der Waals surface area contributed by atoms with Gasteiger partial charge in [0.15, 0.2) is 0 Å². The molecule has 1 aromatic heterocycles. The summed E-state index contributed by atoms with van der Waals surface area (Å²) in [5.74, 6) is 7.44. The fraction of sp³-hybridized carbons (Fsp3) is 0.600. The number of aromatic nitrogens is 1. The van der Waals surface area contributed by atoms with Crippen LogP contribution >= 0.6 is 11.8 Å². The molecule has 1 saturated heterocycles. The van der Waals surface area contributed by atoms with Crippen molar-refractivity contribution in [3.8, 4) is 0 Å². The Hall–Kier alpha value is -1.94. The van der Waals surface area contributed by atoms with Crippen molar-refractivity contribution in [2.45, 2.75) is 49.9 Å². The highest BCUT2D eigenvalue weighted by atomic mass is 32.2. The molecule has 9 heteroatoms. The number of nitrogens with two attached hydrogens (primary N) is 1. The smallest absolute Gasteiger partial charge is 0.139 e. The summed E-state index contributed by atoms with van der Waals surface area (Å²) in [6.45, 7) is 4.25. The molecule has 0 amide bonds. The molecule has 184 valence electrons. The van der Waals surface area contributed by atoms with E-state index in [1.165, 1.54) is 0 Å². The van der Waals surface area contributed by atoms with Crippen LogP contribution in [0.15, 0.2) is 29.3 Å². The quantitative estimate of drug-likeness (QED) is 0.439. The van der Waals surface area contributed by atoms with Crippen molar-refractivity contribution in [2.75, 3.05) is 50.9 Å². The molecule has 34 heavy (non-hydrogen) atoms. The van der Waals surface area contributed by atoms with Gasteiger partial charge in [-0.15, -0.1) is 11.8 Å². The average molecular weight is 488 g/mol. The fourth-order valence-corrected chi connectivity index (χ4v) is 6.76. The van der Waals surface area contributed by atoms with Gasteiger partial charge in [0.25, 0.3) is 0 Å². The largest absolute Gasteiger partial charge is 0.394 e. The summed E-state index contributed by atoms with van der Waals surface area (Å²) in [5.41, 5.74) is 2.88. The first-order valence-corrected chi connectivity index (χ1v) is 13.3. The van der Waals surface area contributed by atoms with Gasteiger partial charge in [-0.2, -0.15) is 0 Å². The zero-order valence-corrected chi connectivity index (χ0v) is 20.3. The van der Waals surface area contributed by atoms with E-state index in [1.807, 2.05) is 12.1 Å². The lowest BCUT2D eigenvalue weighted by Gasteiger charge is -2.37. The van der Waals surface area contributed by atoms with Crippen LogP contribution in [0.3, 0.4) is 0 Å². The number of aliphatic hydroxyl groups is 1. The zero-order valence-electron chi connectivity index (χ0n) is 19.5. The summed E-state index contributed by atoms with van der Waals surface area (Å²) < 4.78 is 16.2. The van der Waals surface area contributed by atoms with Gasteiger partial charge >= 0.3 is 0 Å². The van der Waals surface area contributed by atoms with Crippen LogP contribution in [0.1, 0.15) is 42.9 Å². The molecule has 1 aliphatic carbocycles. The monoisotopic (exact) mass is 487 g/mol. The minimum absolute atomic E-state index is 0.0701. The van der Waals surface area contributed by atoms with Gasteiger partial charge in [-0.3, -0.25) is 14.6 Å². The second kappa shape index (κ2) is 10.4. The lowest BCUT2D eigenvalue weighted by Crippen LogP contribution is -2.52. The number of hydrogen-bond acceptors (Lipinski definition) is 7. The molecule has 0 radical (unpaired) electrons. The number of aliphatic imine (C=N–C) groups is 1. The van der Waals surface area contributed by atoms with E-state index < -0.39 is 6.17 Å². The van der Waals surface area contributed by atoms with Crippen LogP contribution < -0.4 is 5.84 Å². The molecule has 1 saturated carbocycles. The fourth-order valence-electron chi connectivity index (χ4n) is 5.64.